The number of hydrogen-bond acceptors (Lipinski definition) is 4. The topological polar surface area (TPSA) is 55.8 Å². The summed E-state index contributed by atoms with van der Waals surface area (Å²) in [6.45, 7) is 1.40. The highest BCUT2D eigenvalue weighted by atomic mass is 16.5. The van der Waals surface area contributed by atoms with E-state index >= 15 is 0 Å². The molecule has 1 N–H and O–H groups in total. The molecule has 0 aromatic carbocycles. The van der Waals surface area contributed by atoms with Crippen molar-refractivity contribution in [1.82, 2.24) is 0 Å². The number of rotatable bonds is 1. The normalized spacial score (nSPS) is 24.6. The van der Waals surface area contributed by atoms with Gasteiger partial charge in [-0.05, 0) is 12.8 Å². The first-order valence-corrected chi connectivity index (χ1v) is 4.74. The molecule has 0 unspecified atom stereocenters. The Balaban J connectivity index is 2.12. The van der Waals surface area contributed by atoms with Crippen LogP contribution in [0.4, 0.5) is 0 Å². The van der Waals surface area contributed by atoms with E-state index in [1.807, 2.05) is 0 Å². The van der Waals surface area contributed by atoms with Crippen LogP contribution in [0.5, 0.6) is 0 Å². The average molecular weight is 198 g/mol. The van der Waals surface area contributed by atoms with Crippen molar-refractivity contribution in [2.24, 2.45) is 5.41 Å². The minimum atomic E-state index is -0.405. The number of ether oxygens (including phenoxy) is 2. The summed E-state index contributed by atoms with van der Waals surface area (Å²) < 4.78 is 9.73. The average Bonchev–Trinajstić information content (AvgIpc) is 2.14. The molecule has 1 saturated heterocycles. The zero-order valence-electron chi connectivity index (χ0n) is 8.21. The molecule has 78 valence electrons. The van der Waals surface area contributed by atoms with E-state index in [1.165, 1.54) is 7.11 Å². The van der Waals surface area contributed by atoms with Crippen LogP contribution in [-0.2, 0) is 14.3 Å². The fourth-order valence-electron chi connectivity index (χ4n) is 2.06. The van der Waals surface area contributed by atoms with Gasteiger partial charge in [-0.15, -0.1) is 0 Å². The molecular weight excluding hydrogens is 184 g/mol. The second-order valence-corrected chi connectivity index (χ2v) is 4.09. The second kappa shape index (κ2) is 3.28. The maximum atomic E-state index is 11.2. The minimum Gasteiger partial charge on any atom is -0.512 e. The molecule has 4 heteroatoms. The molecule has 0 aromatic heterocycles. The minimum absolute atomic E-state index is 0.0988. The van der Waals surface area contributed by atoms with Crippen LogP contribution in [-0.4, -0.2) is 31.4 Å². The summed E-state index contributed by atoms with van der Waals surface area (Å²) in [6.07, 6.45) is 2.06. The lowest BCUT2D eigenvalue weighted by Gasteiger charge is -2.43. The van der Waals surface area contributed by atoms with Gasteiger partial charge in [-0.25, -0.2) is 4.79 Å². The molecule has 1 aliphatic heterocycles. The predicted molar refractivity (Wildman–Crippen MR) is 48.8 cm³/mol. The first kappa shape index (κ1) is 9.52. The van der Waals surface area contributed by atoms with Gasteiger partial charge in [-0.2, -0.15) is 0 Å². The Morgan fingerprint density at radius 3 is 2.71 bits per heavy atom. The summed E-state index contributed by atoms with van der Waals surface area (Å²) in [5.41, 5.74) is 0.534. The van der Waals surface area contributed by atoms with E-state index in [4.69, 9.17) is 4.74 Å². The molecule has 0 bridgehead atoms. The predicted octanol–water partition coefficient (Wildman–Crippen LogP) is 1.17. The van der Waals surface area contributed by atoms with Crippen LogP contribution in [0.3, 0.4) is 0 Å². The molecular formula is C10H14O4. The first-order chi connectivity index (χ1) is 6.67. The number of allylic oxidation sites excluding steroid dienone is 1. The summed E-state index contributed by atoms with van der Waals surface area (Å²) in [5, 5.41) is 9.69. The number of esters is 1. The third-order valence-corrected chi connectivity index (χ3v) is 3.04. The molecule has 0 amide bonds. The van der Waals surface area contributed by atoms with Crippen LogP contribution in [0, 0.1) is 5.41 Å². The van der Waals surface area contributed by atoms with Crippen LogP contribution < -0.4 is 0 Å². The van der Waals surface area contributed by atoms with Crippen LogP contribution >= 0.6 is 0 Å². The molecule has 14 heavy (non-hydrogen) atoms. The molecule has 2 aliphatic rings. The van der Waals surface area contributed by atoms with Gasteiger partial charge in [0.05, 0.1) is 25.9 Å². The molecule has 1 aliphatic carbocycles. The van der Waals surface area contributed by atoms with Crippen LogP contribution in [0.1, 0.15) is 19.3 Å². The van der Waals surface area contributed by atoms with Gasteiger partial charge in [0.25, 0.3) is 0 Å². The Labute approximate surface area is 82.5 Å². The molecule has 2 rings (SSSR count). The van der Waals surface area contributed by atoms with Gasteiger partial charge >= 0.3 is 5.97 Å². The molecule has 1 spiro atoms. The molecule has 4 nitrogen and oxygen atoms in total. The summed E-state index contributed by atoms with van der Waals surface area (Å²) in [7, 11) is 1.33. The van der Waals surface area contributed by atoms with Gasteiger partial charge in [0.2, 0.25) is 0 Å². The second-order valence-electron chi connectivity index (χ2n) is 4.09. The molecule has 0 aromatic rings. The SMILES string of the molecule is COC(=O)C1=C(O)CC2(CC1)COC2. The largest absolute Gasteiger partial charge is 0.512 e. The quantitative estimate of drug-likeness (QED) is 0.642. The maximum Gasteiger partial charge on any atom is 0.337 e. The van der Waals surface area contributed by atoms with Crippen LogP contribution in [0.25, 0.3) is 0 Å². The van der Waals surface area contributed by atoms with Crippen molar-refractivity contribution in [2.45, 2.75) is 19.3 Å². The van der Waals surface area contributed by atoms with Crippen molar-refractivity contribution in [3.05, 3.63) is 11.3 Å². The van der Waals surface area contributed by atoms with E-state index in [1.54, 1.807) is 0 Å². The van der Waals surface area contributed by atoms with E-state index in [0.717, 1.165) is 6.42 Å². The zero-order chi connectivity index (χ0) is 10.2. The maximum absolute atomic E-state index is 11.2. The number of aliphatic hydroxyl groups is 1. The van der Waals surface area contributed by atoms with Crippen LogP contribution in [0.2, 0.25) is 0 Å². The fraction of sp³-hybridized carbons (Fsp3) is 0.700. The van der Waals surface area contributed by atoms with E-state index in [0.29, 0.717) is 31.6 Å². The highest BCUT2D eigenvalue weighted by molar-refractivity contribution is 5.89. The summed E-state index contributed by atoms with van der Waals surface area (Å²) in [5.74, 6) is -0.219. The monoisotopic (exact) mass is 198 g/mol. The first-order valence-electron chi connectivity index (χ1n) is 4.74. The number of hydrogen-bond donors (Lipinski definition) is 1. The van der Waals surface area contributed by atoms with Crippen molar-refractivity contribution in [2.75, 3.05) is 20.3 Å². The van der Waals surface area contributed by atoms with Gasteiger partial charge in [-0.3, -0.25) is 0 Å². The van der Waals surface area contributed by atoms with Gasteiger partial charge in [0.1, 0.15) is 5.76 Å². The Hall–Kier alpha value is -1.03. The van der Waals surface area contributed by atoms with Crippen molar-refractivity contribution in [1.29, 1.82) is 0 Å². The van der Waals surface area contributed by atoms with E-state index in [-0.39, 0.29) is 11.2 Å². The third kappa shape index (κ3) is 1.39. The van der Waals surface area contributed by atoms with E-state index < -0.39 is 5.97 Å². The number of carbonyl (C=O) groups excluding carboxylic acids is 1. The highest BCUT2D eigenvalue weighted by Gasteiger charge is 2.43. The molecule has 1 fully saturated rings. The lowest BCUT2D eigenvalue weighted by molar-refractivity contribution is -0.140. The van der Waals surface area contributed by atoms with Gasteiger partial charge < -0.3 is 14.6 Å². The molecule has 0 radical (unpaired) electrons. The van der Waals surface area contributed by atoms with Crippen molar-refractivity contribution in [3.63, 3.8) is 0 Å². The van der Waals surface area contributed by atoms with E-state index in [9.17, 15) is 9.90 Å². The van der Waals surface area contributed by atoms with Crippen molar-refractivity contribution >= 4 is 5.97 Å². The van der Waals surface area contributed by atoms with Crippen molar-refractivity contribution < 1.29 is 19.4 Å². The number of carbonyl (C=O) groups is 1. The fourth-order valence-corrected chi connectivity index (χ4v) is 2.06. The zero-order valence-corrected chi connectivity index (χ0v) is 8.21. The molecule has 0 atom stereocenters. The van der Waals surface area contributed by atoms with Crippen molar-refractivity contribution in [3.8, 4) is 0 Å². The van der Waals surface area contributed by atoms with E-state index in [2.05, 4.69) is 4.74 Å². The highest BCUT2D eigenvalue weighted by Crippen LogP contribution is 2.43. The third-order valence-electron chi connectivity index (χ3n) is 3.04. The Morgan fingerprint density at radius 2 is 2.29 bits per heavy atom. The number of methoxy groups -OCH3 is 1. The summed E-state index contributed by atoms with van der Waals surface area (Å²) in [4.78, 5) is 11.2. The summed E-state index contributed by atoms with van der Waals surface area (Å²) >= 11 is 0. The smallest absolute Gasteiger partial charge is 0.337 e. The number of aliphatic hydroxyl groups excluding tert-OH is 1. The Morgan fingerprint density at radius 1 is 1.57 bits per heavy atom. The van der Waals surface area contributed by atoms with Gasteiger partial charge in [-0.1, -0.05) is 0 Å². The lowest BCUT2D eigenvalue weighted by Crippen LogP contribution is -2.44. The summed E-state index contributed by atoms with van der Waals surface area (Å²) in [6, 6.07) is 0. The lowest BCUT2D eigenvalue weighted by atomic mass is 9.72. The van der Waals surface area contributed by atoms with Gasteiger partial charge in [0, 0.05) is 11.8 Å². The molecule has 1 heterocycles. The Bertz CT molecular complexity index is 288. The Kier molecular flexibility index (Phi) is 2.23. The van der Waals surface area contributed by atoms with Gasteiger partial charge in [0.15, 0.2) is 0 Å². The van der Waals surface area contributed by atoms with Crippen LogP contribution in [0.15, 0.2) is 11.3 Å². The molecule has 0 saturated carbocycles. The standard InChI is InChI=1S/C10H14O4/c1-13-9(12)7-2-3-10(4-8(7)11)5-14-6-10/h11H,2-6H2,1H3.